The van der Waals surface area contributed by atoms with Gasteiger partial charge in [0.15, 0.2) is 0 Å². The Labute approximate surface area is 176 Å². The molecule has 0 aromatic heterocycles. The number of rotatable bonds is 2. The molecular formula is C30H20. The average molecular weight is 380 g/mol. The summed E-state index contributed by atoms with van der Waals surface area (Å²) in [5.41, 5.74) is 5.10. The number of fused-ring (bicyclic) bond motifs is 4. The summed E-state index contributed by atoms with van der Waals surface area (Å²) in [5, 5.41) is 7.75. The van der Waals surface area contributed by atoms with E-state index in [0.29, 0.717) is 0 Å². The second-order valence-corrected chi connectivity index (χ2v) is 7.76. The maximum absolute atomic E-state index is 2.27. The van der Waals surface area contributed by atoms with Crippen LogP contribution in [0.25, 0.3) is 54.6 Å². The summed E-state index contributed by atoms with van der Waals surface area (Å²) in [7, 11) is 0. The highest BCUT2D eigenvalue weighted by atomic mass is 14.2. The van der Waals surface area contributed by atoms with Gasteiger partial charge < -0.3 is 0 Å². The van der Waals surface area contributed by atoms with Gasteiger partial charge in [0.2, 0.25) is 0 Å². The summed E-state index contributed by atoms with van der Waals surface area (Å²) in [6, 6.07) is 43.8. The van der Waals surface area contributed by atoms with Gasteiger partial charge in [0.25, 0.3) is 0 Å². The SMILES string of the molecule is c1ccc(-c2cccc3c2ccc2ccccc23)c(-c2cccc3ccccc23)c1. The van der Waals surface area contributed by atoms with E-state index < -0.39 is 0 Å². The first kappa shape index (κ1) is 17.0. The largest absolute Gasteiger partial charge is 0.0616 e. The van der Waals surface area contributed by atoms with E-state index in [1.807, 2.05) is 0 Å². The summed E-state index contributed by atoms with van der Waals surface area (Å²) < 4.78 is 0. The molecule has 0 aliphatic carbocycles. The van der Waals surface area contributed by atoms with Crippen LogP contribution in [0.5, 0.6) is 0 Å². The van der Waals surface area contributed by atoms with Crippen molar-refractivity contribution >= 4 is 32.3 Å². The standard InChI is InChI=1S/C30H20/c1-3-12-23-21(9-1)11-7-16-25(23)27-14-5-6-15-28(27)29-18-8-17-26-24-13-4-2-10-22(24)19-20-30(26)29/h1-20H. The fourth-order valence-electron chi connectivity index (χ4n) is 4.69. The lowest BCUT2D eigenvalue weighted by Gasteiger charge is -2.15. The smallest absolute Gasteiger partial charge is 0.00987 e. The fraction of sp³-hybridized carbons (Fsp3) is 0. The van der Waals surface area contributed by atoms with Crippen molar-refractivity contribution in [3.05, 3.63) is 121 Å². The fourth-order valence-corrected chi connectivity index (χ4v) is 4.69. The topological polar surface area (TPSA) is 0 Å². The number of hydrogen-bond donors (Lipinski definition) is 0. The van der Waals surface area contributed by atoms with E-state index in [4.69, 9.17) is 0 Å². The average Bonchev–Trinajstić information content (AvgIpc) is 2.83. The zero-order valence-corrected chi connectivity index (χ0v) is 16.5. The Morgan fingerprint density at radius 2 is 0.700 bits per heavy atom. The molecule has 0 radical (unpaired) electrons. The minimum atomic E-state index is 1.27. The molecule has 0 heterocycles. The zero-order valence-electron chi connectivity index (χ0n) is 16.5. The quantitative estimate of drug-likeness (QED) is 0.264. The maximum Gasteiger partial charge on any atom is -0.00987 e. The molecule has 0 N–H and O–H groups in total. The van der Waals surface area contributed by atoms with Crippen LogP contribution in [0, 0.1) is 0 Å². The van der Waals surface area contributed by atoms with Crippen molar-refractivity contribution in [1.29, 1.82) is 0 Å². The van der Waals surface area contributed by atoms with E-state index in [1.165, 1.54) is 54.6 Å². The van der Waals surface area contributed by atoms with Gasteiger partial charge in [-0.1, -0.05) is 121 Å². The highest BCUT2D eigenvalue weighted by Gasteiger charge is 2.13. The van der Waals surface area contributed by atoms with Gasteiger partial charge in [0, 0.05) is 0 Å². The van der Waals surface area contributed by atoms with E-state index in [2.05, 4.69) is 121 Å². The van der Waals surface area contributed by atoms with E-state index in [-0.39, 0.29) is 0 Å². The van der Waals surface area contributed by atoms with Gasteiger partial charge in [-0.25, -0.2) is 0 Å². The molecule has 0 aliphatic rings. The Morgan fingerprint density at radius 1 is 0.233 bits per heavy atom. The van der Waals surface area contributed by atoms with Crippen LogP contribution in [-0.4, -0.2) is 0 Å². The first-order valence-corrected chi connectivity index (χ1v) is 10.4. The van der Waals surface area contributed by atoms with Gasteiger partial charge >= 0.3 is 0 Å². The minimum absolute atomic E-state index is 1.27. The first-order chi connectivity index (χ1) is 14.9. The van der Waals surface area contributed by atoms with E-state index >= 15 is 0 Å². The van der Waals surface area contributed by atoms with Crippen molar-refractivity contribution in [3.8, 4) is 22.3 Å². The van der Waals surface area contributed by atoms with Crippen LogP contribution in [0.1, 0.15) is 0 Å². The molecule has 0 nitrogen and oxygen atoms in total. The summed E-state index contributed by atoms with van der Waals surface area (Å²) in [6.07, 6.45) is 0. The molecule has 30 heavy (non-hydrogen) atoms. The Bertz CT molecular complexity index is 1530. The van der Waals surface area contributed by atoms with Gasteiger partial charge in [-0.2, -0.15) is 0 Å². The lowest BCUT2D eigenvalue weighted by atomic mass is 9.88. The summed E-state index contributed by atoms with van der Waals surface area (Å²) in [5.74, 6) is 0. The molecule has 0 saturated carbocycles. The van der Waals surface area contributed by atoms with Crippen molar-refractivity contribution in [2.75, 3.05) is 0 Å². The first-order valence-electron chi connectivity index (χ1n) is 10.4. The van der Waals surface area contributed by atoms with Crippen LogP contribution in [-0.2, 0) is 0 Å². The molecule has 140 valence electrons. The highest BCUT2D eigenvalue weighted by molar-refractivity contribution is 6.13. The molecule has 6 aromatic rings. The predicted octanol–water partition coefficient (Wildman–Crippen LogP) is 8.48. The van der Waals surface area contributed by atoms with E-state index in [0.717, 1.165) is 0 Å². The molecule has 6 aromatic carbocycles. The number of benzene rings is 6. The summed E-state index contributed by atoms with van der Waals surface area (Å²) in [4.78, 5) is 0. The van der Waals surface area contributed by atoms with Crippen LogP contribution in [0.4, 0.5) is 0 Å². The van der Waals surface area contributed by atoms with Crippen LogP contribution >= 0.6 is 0 Å². The zero-order chi connectivity index (χ0) is 19.9. The second-order valence-electron chi connectivity index (χ2n) is 7.76. The Kier molecular flexibility index (Phi) is 3.89. The molecule has 0 bridgehead atoms. The van der Waals surface area contributed by atoms with Crippen LogP contribution in [0.15, 0.2) is 121 Å². The second kappa shape index (κ2) is 6.86. The lowest BCUT2D eigenvalue weighted by Crippen LogP contribution is -1.88. The van der Waals surface area contributed by atoms with E-state index in [1.54, 1.807) is 0 Å². The summed E-state index contributed by atoms with van der Waals surface area (Å²) in [6.45, 7) is 0. The Hall–Kier alpha value is -3.90. The third-order valence-corrected chi connectivity index (χ3v) is 6.08. The maximum atomic E-state index is 2.27. The van der Waals surface area contributed by atoms with Crippen LogP contribution in [0.3, 0.4) is 0 Å². The third-order valence-electron chi connectivity index (χ3n) is 6.08. The summed E-state index contributed by atoms with van der Waals surface area (Å²) >= 11 is 0. The van der Waals surface area contributed by atoms with Crippen molar-refractivity contribution in [1.82, 2.24) is 0 Å². The highest BCUT2D eigenvalue weighted by Crippen LogP contribution is 2.40. The molecule has 0 atom stereocenters. The van der Waals surface area contributed by atoms with E-state index in [9.17, 15) is 0 Å². The molecule has 0 fully saturated rings. The van der Waals surface area contributed by atoms with Crippen LogP contribution < -0.4 is 0 Å². The molecular weight excluding hydrogens is 360 g/mol. The molecule has 0 saturated heterocycles. The lowest BCUT2D eigenvalue weighted by molar-refractivity contribution is 1.62. The normalized spacial score (nSPS) is 11.3. The predicted molar refractivity (Wildman–Crippen MR) is 130 cm³/mol. The molecule has 0 heteroatoms. The van der Waals surface area contributed by atoms with Crippen molar-refractivity contribution in [2.45, 2.75) is 0 Å². The monoisotopic (exact) mass is 380 g/mol. The van der Waals surface area contributed by atoms with Crippen LogP contribution in [0.2, 0.25) is 0 Å². The van der Waals surface area contributed by atoms with Gasteiger partial charge in [-0.15, -0.1) is 0 Å². The van der Waals surface area contributed by atoms with Gasteiger partial charge in [-0.3, -0.25) is 0 Å². The molecule has 0 aliphatic heterocycles. The van der Waals surface area contributed by atoms with Crippen molar-refractivity contribution in [3.63, 3.8) is 0 Å². The Morgan fingerprint density at radius 3 is 1.47 bits per heavy atom. The van der Waals surface area contributed by atoms with Gasteiger partial charge in [0.1, 0.15) is 0 Å². The molecule has 0 amide bonds. The minimum Gasteiger partial charge on any atom is -0.0616 e. The molecule has 0 unspecified atom stereocenters. The molecule has 0 spiro atoms. The third kappa shape index (κ3) is 2.62. The van der Waals surface area contributed by atoms with Crippen molar-refractivity contribution < 1.29 is 0 Å². The van der Waals surface area contributed by atoms with Gasteiger partial charge in [0.05, 0.1) is 0 Å². The van der Waals surface area contributed by atoms with Gasteiger partial charge in [-0.05, 0) is 54.6 Å². The van der Waals surface area contributed by atoms with Crippen molar-refractivity contribution in [2.24, 2.45) is 0 Å². The Balaban J connectivity index is 1.67. The number of hydrogen-bond acceptors (Lipinski definition) is 0. The molecule has 6 rings (SSSR count).